The van der Waals surface area contributed by atoms with Crippen LogP contribution in [0.5, 0.6) is 0 Å². The molecule has 2 aromatic rings. The fourth-order valence-corrected chi connectivity index (χ4v) is 2.39. The topological polar surface area (TPSA) is 55.1 Å². The average Bonchev–Trinajstić information content (AvgIpc) is 2.79. The van der Waals surface area contributed by atoms with Crippen LogP contribution >= 0.6 is 0 Å². The van der Waals surface area contributed by atoms with E-state index in [4.69, 9.17) is 5.11 Å². The first-order valence-corrected chi connectivity index (χ1v) is 7.24. The van der Waals surface area contributed by atoms with E-state index in [0.717, 1.165) is 29.7 Å². The van der Waals surface area contributed by atoms with Gasteiger partial charge in [0.1, 0.15) is 11.6 Å². The number of nitrogens with zero attached hydrogens (tertiary/aromatic N) is 2. The molecule has 1 heterocycles. The lowest BCUT2D eigenvalue weighted by atomic mass is 10.1. The van der Waals surface area contributed by atoms with Crippen LogP contribution in [0.2, 0.25) is 0 Å². The number of ketones is 1. The van der Waals surface area contributed by atoms with Crippen LogP contribution in [-0.4, -0.2) is 27.0 Å². The average molecular weight is 274 g/mol. The third kappa shape index (κ3) is 3.25. The molecule has 0 spiro atoms. The molecule has 0 amide bonds. The summed E-state index contributed by atoms with van der Waals surface area (Å²) in [5, 5.41) is 9.00. The van der Waals surface area contributed by atoms with Gasteiger partial charge in [0.05, 0.1) is 11.0 Å². The van der Waals surface area contributed by atoms with E-state index in [1.165, 1.54) is 5.56 Å². The van der Waals surface area contributed by atoms with Crippen LogP contribution in [0.15, 0.2) is 18.2 Å². The molecule has 1 aromatic carbocycles. The van der Waals surface area contributed by atoms with Crippen LogP contribution in [0.3, 0.4) is 0 Å². The summed E-state index contributed by atoms with van der Waals surface area (Å²) < 4.78 is 2.12. The van der Waals surface area contributed by atoms with Gasteiger partial charge in [0.2, 0.25) is 0 Å². The predicted octanol–water partition coefficient (Wildman–Crippen LogP) is 2.50. The Labute approximate surface area is 119 Å². The van der Waals surface area contributed by atoms with Crippen molar-refractivity contribution >= 4 is 16.8 Å². The second-order valence-corrected chi connectivity index (χ2v) is 5.14. The lowest BCUT2D eigenvalue weighted by Crippen LogP contribution is -2.07. The molecule has 0 saturated carbocycles. The highest BCUT2D eigenvalue weighted by atomic mass is 16.2. The van der Waals surface area contributed by atoms with E-state index in [0.29, 0.717) is 19.4 Å². The van der Waals surface area contributed by atoms with E-state index in [1.807, 2.05) is 0 Å². The van der Waals surface area contributed by atoms with Crippen LogP contribution in [-0.2, 0) is 24.2 Å². The number of benzene rings is 1. The number of imidazole rings is 1. The Hall–Kier alpha value is -1.68. The van der Waals surface area contributed by atoms with Crippen molar-refractivity contribution < 1.29 is 9.90 Å². The zero-order valence-electron chi connectivity index (χ0n) is 12.2. The van der Waals surface area contributed by atoms with Crippen molar-refractivity contribution in [2.75, 3.05) is 6.61 Å². The third-order valence-corrected chi connectivity index (χ3v) is 3.55. The molecule has 0 radical (unpaired) electrons. The Kier molecular flexibility index (Phi) is 4.90. The normalized spacial score (nSPS) is 11.2. The van der Waals surface area contributed by atoms with Gasteiger partial charge in [-0.1, -0.05) is 13.0 Å². The number of carbonyl (C=O) groups is 1. The molecule has 0 atom stereocenters. The van der Waals surface area contributed by atoms with Crippen molar-refractivity contribution in [3.63, 3.8) is 0 Å². The molecule has 0 saturated heterocycles. The third-order valence-electron chi connectivity index (χ3n) is 3.55. The number of fused-ring (bicyclic) bond motifs is 1. The largest absolute Gasteiger partial charge is 0.396 e. The van der Waals surface area contributed by atoms with Crippen molar-refractivity contribution in [3.8, 4) is 0 Å². The SMILES string of the molecule is CCc1ccc2c(c1)nc(CCCO)n2CCC(C)=O. The van der Waals surface area contributed by atoms with Gasteiger partial charge in [-0.15, -0.1) is 0 Å². The molecule has 108 valence electrons. The van der Waals surface area contributed by atoms with Crippen molar-refractivity contribution in [2.45, 2.75) is 46.1 Å². The second kappa shape index (κ2) is 6.66. The fourth-order valence-electron chi connectivity index (χ4n) is 2.39. The molecule has 1 aromatic heterocycles. The molecule has 4 heteroatoms. The van der Waals surface area contributed by atoms with Crippen LogP contribution in [0.25, 0.3) is 11.0 Å². The minimum Gasteiger partial charge on any atom is -0.396 e. The summed E-state index contributed by atoms with van der Waals surface area (Å²) in [5.41, 5.74) is 3.33. The molecule has 0 aliphatic rings. The van der Waals surface area contributed by atoms with E-state index in [2.05, 4.69) is 34.7 Å². The van der Waals surface area contributed by atoms with E-state index >= 15 is 0 Å². The standard InChI is InChI=1S/C16H22N2O2/c1-3-13-6-7-15-14(11-13)17-16(5-4-10-19)18(15)9-8-12(2)20/h6-7,11,19H,3-5,8-10H2,1-2H3. The molecule has 20 heavy (non-hydrogen) atoms. The van der Waals surface area contributed by atoms with Gasteiger partial charge in [-0.05, 0) is 37.5 Å². The Balaban J connectivity index is 2.39. The first kappa shape index (κ1) is 14.7. The van der Waals surface area contributed by atoms with E-state index in [9.17, 15) is 4.79 Å². The number of Topliss-reactive ketones (excluding diaryl/α,β-unsaturated/α-hetero) is 1. The molecule has 0 unspecified atom stereocenters. The van der Waals surface area contributed by atoms with E-state index < -0.39 is 0 Å². The van der Waals surface area contributed by atoms with Gasteiger partial charge < -0.3 is 9.67 Å². The van der Waals surface area contributed by atoms with Gasteiger partial charge in [-0.2, -0.15) is 0 Å². The quantitative estimate of drug-likeness (QED) is 0.844. The first-order chi connectivity index (χ1) is 9.65. The maximum atomic E-state index is 11.2. The van der Waals surface area contributed by atoms with Gasteiger partial charge in [0.15, 0.2) is 0 Å². The molecule has 0 aliphatic carbocycles. The van der Waals surface area contributed by atoms with E-state index in [-0.39, 0.29) is 12.4 Å². The number of carbonyl (C=O) groups excluding carboxylic acids is 1. The summed E-state index contributed by atoms with van der Waals surface area (Å²) in [7, 11) is 0. The van der Waals surface area contributed by atoms with Crippen LogP contribution in [0.1, 0.15) is 38.1 Å². The Morgan fingerprint density at radius 3 is 2.85 bits per heavy atom. The van der Waals surface area contributed by atoms with Crippen LogP contribution < -0.4 is 0 Å². The van der Waals surface area contributed by atoms with Crippen molar-refractivity contribution in [1.82, 2.24) is 9.55 Å². The van der Waals surface area contributed by atoms with Crippen LogP contribution in [0.4, 0.5) is 0 Å². The second-order valence-electron chi connectivity index (χ2n) is 5.14. The molecular weight excluding hydrogens is 252 g/mol. The molecule has 0 fully saturated rings. The molecule has 0 aliphatic heterocycles. The zero-order valence-corrected chi connectivity index (χ0v) is 12.2. The maximum Gasteiger partial charge on any atom is 0.131 e. The van der Waals surface area contributed by atoms with E-state index in [1.54, 1.807) is 6.92 Å². The number of aliphatic hydroxyl groups is 1. The van der Waals surface area contributed by atoms with Crippen molar-refractivity contribution in [3.05, 3.63) is 29.6 Å². The van der Waals surface area contributed by atoms with Gasteiger partial charge in [0.25, 0.3) is 0 Å². The smallest absolute Gasteiger partial charge is 0.131 e. The van der Waals surface area contributed by atoms with Crippen molar-refractivity contribution in [2.24, 2.45) is 0 Å². The Bertz CT molecular complexity index is 602. The molecule has 0 bridgehead atoms. The summed E-state index contributed by atoms with van der Waals surface area (Å²) in [5.74, 6) is 1.15. The number of hydrogen-bond acceptors (Lipinski definition) is 3. The monoisotopic (exact) mass is 274 g/mol. The summed E-state index contributed by atoms with van der Waals surface area (Å²) in [6, 6.07) is 6.32. The number of aliphatic hydroxyl groups excluding tert-OH is 1. The highest BCUT2D eigenvalue weighted by molar-refractivity contribution is 5.78. The van der Waals surface area contributed by atoms with Crippen LogP contribution in [0, 0.1) is 0 Å². The van der Waals surface area contributed by atoms with Gasteiger partial charge in [-0.25, -0.2) is 4.98 Å². The van der Waals surface area contributed by atoms with Crippen molar-refractivity contribution in [1.29, 1.82) is 0 Å². The minimum absolute atomic E-state index is 0.163. The highest BCUT2D eigenvalue weighted by Gasteiger charge is 2.11. The molecule has 4 nitrogen and oxygen atoms in total. The first-order valence-electron chi connectivity index (χ1n) is 7.24. The summed E-state index contributed by atoms with van der Waals surface area (Å²) in [6.45, 7) is 4.57. The Morgan fingerprint density at radius 2 is 2.20 bits per heavy atom. The number of aryl methyl sites for hydroxylation is 3. The summed E-state index contributed by atoms with van der Waals surface area (Å²) in [6.07, 6.45) is 2.95. The number of aromatic nitrogens is 2. The summed E-state index contributed by atoms with van der Waals surface area (Å²) >= 11 is 0. The molecule has 2 rings (SSSR count). The zero-order chi connectivity index (χ0) is 14.5. The lowest BCUT2D eigenvalue weighted by molar-refractivity contribution is -0.117. The predicted molar refractivity (Wildman–Crippen MR) is 79.8 cm³/mol. The molecule has 1 N–H and O–H groups in total. The minimum atomic E-state index is 0.163. The molecular formula is C16H22N2O2. The maximum absolute atomic E-state index is 11.2. The van der Waals surface area contributed by atoms with Gasteiger partial charge >= 0.3 is 0 Å². The Morgan fingerprint density at radius 1 is 1.40 bits per heavy atom. The van der Waals surface area contributed by atoms with Gasteiger partial charge in [-0.3, -0.25) is 4.79 Å². The fraction of sp³-hybridized carbons (Fsp3) is 0.500. The number of hydrogen-bond donors (Lipinski definition) is 1. The highest BCUT2D eigenvalue weighted by Crippen LogP contribution is 2.20. The number of rotatable bonds is 7. The van der Waals surface area contributed by atoms with Gasteiger partial charge in [0, 0.05) is 26.0 Å². The summed E-state index contributed by atoms with van der Waals surface area (Å²) in [4.78, 5) is 15.9. The lowest BCUT2D eigenvalue weighted by Gasteiger charge is -2.07.